The minimum absolute atomic E-state index is 0.796. The standard InChI is InChI=1S/C22H24N2O2/c1-25-21-12-20(13-22(14-21)26-2)17-24(15-18-6-4-3-5-7-18)16-19-8-10-23-11-9-19/h3-14H,15-17H2,1-2H3. The van der Waals surface area contributed by atoms with E-state index in [-0.39, 0.29) is 0 Å². The maximum Gasteiger partial charge on any atom is 0.122 e. The highest BCUT2D eigenvalue weighted by molar-refractivity contribution is 5.38. The van der Waals surface area contributed by atoms with Gasteiger partial charge in [-0.3, -0.25) is 9.88 Å². The number of benzene rings is 2. The monoisotopic (exact) mass is 348 g/mol. The van der Waals surface area contributed by atoms with Gasteiger partial charge in [-0.1, -0.05) is 30.3 Å². The van der Waals surface area contributed by atoms with Crippen molar-refractivity contribution in [2.24, 2.45) is 0 Å². The average molecular weight is 348 g/mol. The van der Waals surface area contributed by atoms with Crippen LogP contribution in [-0.2, 0) is 19.6 Å². The Hall–Kier alpha value is -2.85. The largest absolute Gasteiger partial charge is 0.497 e. The zero-order valence-corrected chi connectivity index (χ0v) is 15.3. The molecule has 0 unspecified atom stereocenters. The molecule has 1 heterocycles. The lowest BCUT2D eigenvalue weighted by Gasteiger charge is -2.23. The number of nitrogens with zero attached hydrogens (tertiary/aromatic N) is 2. The summed E-state index contributed by atoms with van der Waals surface area (Å²) in [7, 11) is 3.36. The van der Waals surface area contributed by atoms with Crippen LogP contribution in [0.2, 0.25) is 0 Å². The molecule has 0 radical (unpaired) electrons. The van der Waals surface area contributed by atoms with E-state index in [4.69, 9.17) is 9.47 Å². The molecule has 4 heteroatoms. The quantitative estimate of drug-likeness (QED) is 0.608. The molecule has 0 aliphatic heterocycles. The molecule has 0 spiro atoms. The van der Waals surface area contributed by atoms with Crippen LogP contribution in [0.3, 0.4) is 0 Å². The van der Waals surface area contributed by atoms with Gasteiger partial charge in [-0.15, -0.1) is 0 Å². The van der Waals surface area contributed by atoms with Gasteiger partial charge in [-0.25, -0.2) is 0 Å². The van der Waals surface area contributed by atoms with Crippen molar-refractivity contribution in [1.82, 2.24) is 9.88 Å². The number of aromatic nitrogens is 1. The van der Waals surface area contributed by atoms with Gasteiger partial charge in [-0.2, -0.15) is 0 Å². The molecular formula is C22H24N2O2. The summed E-state index contributed by atoms with van der Waals surface area (Å²) in [5.74, 6) is 1.62. The number of pyridine rings is 1. The maximum absolute atomic E-state index is 5.41. The van der Waals surface area contributed by atoms with Crippen molar-refractivity contribution in [1.29, 1.82) is 0 Å². The predicted molar refractivity (Wildman–Crippen MR) is 103 cm³/mol. The molecular weight excluding hydrogens is 324 g/mol. The number of rotatable bonds is 8. The van der Waals surface area contributed by atoms with Gasteiger partial charge >= 0.3 is 0 Å². The van der Waals surface area contributed by atoms with Crippen LogP contribution in [0.5, 0.6) is 11.5 Å². The van der Waals surface area contributed by atoms with Crippen LogP contribution in [0.25, 0.3) is 0 Å². The molecule has 0 N–H and O–H groups in total. The SMILES string of the molecule is COc1cc(CN(Cc2ccccc2)Cc2ccncc2)cc(OC)c1. The molecule has 0 atom stereocenters. The molecule has 0 fully saturated rings. The Bertz CT molecular complexity index is 743. The summed E-state index contributed by atoms with van der Waals surface area (Å²) in [6, 6.07) is 20.7. The highest BCUT2D eigenvalue weighted by Crippen LogP contribution is 2.24. The molecule has 3 rings (SSSR count). The second-order valence-electron chi connectivity index (χ2n) is 6.21. The van der Waals surface area contributed by atoms with Crippen LogP contribution >= 0.6 is 0 Å². The molecule has 134 valence electrons. The van der Waals surface area contributed by atoms with E-state index >= 15 is 0 Å². The molecule has 0 saturated carbocycles. The Morgan fingerprint density at radius 3 is 1.81 bits per heavy atom. The summed E-state index contributed by atoms with van der Waals surface area (Å²) in [4.78, 5) is 6.52. The van der Waals surface area contributed by atoms with Gasteiger partial charge in [0.15, 0.2) is 0 Å². The Morgan fingerprint density at radius 1 is 0.692 bits per heavy atom. The van der Waals surface area contributed by atoms with Crippen molar-refractivity contribution in [2.45, 2.75) is 19.6 Å². The second-order valence-corrected chi connectivity index (χ2v) is 6.21. The molecule has 0 saturated heterocycles. The number of ether oxygens (including phenoxy) is 2. The summed E-state index contributed by atoms with van der Waals surface area (Å²) < 4.78 is 10.8. The van der Waals surface area contributed by atoms with Gasteiger partial charge in [0.05, 0.1) is 14.2 Å². The van der Waals surface area contributed by atoms with Crippen LogP contribution in [-0.4, -0.2) is 24.1 Å². The van der Waals surface area contributed by atoms with Gasteiger partial charge in [0, 0.05) is 38.1 Å². The van der Waals surface area contributed by atoms with Gasteiger partial charge in [0.2, 0.25) is 0 Å². The first-order valence-corrected chi connectivity index (χ1v) is 8.64. The maximum atomic E-state index is 5.41. The number of hydrogen-bond acceptors (Lipinski definition) is 4. The van der Waals surface area contributed by atoms with E-state index in [9.17, 15) is 0 Å². The molecule has 1 aromatic heterocycles. The minimum Gasteiger partial charge on any atom is -0.497 e. The van der Waals surface area contributed by atoms with E-state index in [0.29, 0.717) is 0 Å². The fraction of sp³-hybridized carbons (Fsp3) is 0.227. The fourth-order valence-electron chi connectivity index (χ4n) is 2.97. The summed E-state index contributed by atoms with van der Waals surface area (Å²) in [5, 5.41) is 0. The van der Waals surface area contributed by atoms with Crippen LogP contribution in [0.1, 0.15) is 16.7 Å². The van der Waals surface area contributed by atoms with Crippen LogP contribution in [0.15, 0.2) is 73.1 Å². The van der Waals surface area contributed by atoms with Crippen molar-refractivity contribution in [3.63, 3.8) is 0 Å². The molecule has 4 nitrogen and oxygen atoms in total. The van der Waals surface area contributed by atoms with Gasteiger partial charge in [0.1, 0.15) is 11.5 Å². The molecule has 0 bridgehead atoms. The Labute approximate surface area is 155 Å². The van der Waals surface area contributed by atoms with Gasteiger partial charge in [0.25, 0.3) is 0 Å². The predicted octanol–water partition coefficient (Wildman–Crippen LogP) is 4.30. The summed E-state index contributed by atoms with van der Waals surface area (Å²) in [5.41, 5.74) is 3.69. The smallest absolute Gasteiger partial charge is 0.122 e. The molecule has 3 aromatic rings. The van der Waals surface area contributed by atoms with Crippen LogP contribution < -0.4 is 9.47 Å². The molecule has 0 amide bonds. The minimum atomic E-state index is 0.796. The van der Waals surface area contributed by atoms with Crippen molar-refractivity contribution in [2.75, 3.05) is 14.2 Å². The van der Waals surface area contributed by atoms with Gasteiger partial charge < -0.3 is 9.47 Å². The second kappa shape index (κ2) is 9.02. The normalized spacial score (nSPS) is 10.7. The Kier molecular flexibility index (Phi) is 6.23. The van der Waals surface area contributed by atoms with E-state index in [0.717, 1.165) is 36.7 Å². The average Bonchev–Trinajstić information content (AvgIpc) is 2.69. The fourth-order valence-corrected chi connectivity index (χ4v) is 2.97. The Morgan fingerprint density at radius 2 is 1.23 bits per heavy atom. The highest BCUT2D eigenvalue weighted by Gasteiger charge is 2.10. The third kappa shape index (κ3) is 5.07. The highest BCUT2D eigenvalue weighted by atomic mass is 16.5. The zero-order valence-electron chi connectivity index (χ0n) is 15.3. The first kappa shape index (κ1) is 18.0. The zero-order chi connectivity index (χ0) is 18.2. The first-order chi connectivity index (χ1) is 12.8. The van der Waals surface area contributed by atoms with Crippen molar-refractivity contribution in [3.05, 3.63) is 89.7 Å². The van der Waals surface area contributed by atoms with E-state index in [1.807, 2.05) is 24.5 Å². The number of hydrogen-bond donors (Lipinski definition) is 0. The molecule has 0 aliphatic carbocycles. The van der Waals surface area contributed by atoms with Crippen molar-refractivity contribution >= 4 is 0 Å². The first-order valence-electron chi connectivity index (χ1n) is 8.64. The number of methoxy groups -OCH3 is 2. The lowest BCUT2D eigenvalue weighted by Crippen LogP contribution is -2.22. The Balaban J connectivity index is 1.83. The lowest BCUT2D eigenvalue weighted by molar-refractivity contribution is 0.247. The van der Waals surface area contributed by atoms with Crippen LogP contribution in [0.4, 0.5) is 0 Å². The summed E-state index contributed by atoms with van der Waals surface area (Å²) >= 11 is 0. The van der Waals surface area contributed by atoms with E-state index in [1.165, 1.54) is 11.1 Å². The third-order valence-corrected chi connectivity index (χ3v) is 4.22. The van der Waals surface area contributed by atoms with Crippen molar-refractivity contribution in [3.8, 4) is 11.5 Å². The van der Waals surface area contributed by atoms with Crippen molar-refractivity contribution < 1.29 is 9.47 Å². The van der Waals surface area contributed by atoms with Crippen LogP contribution in [0, 0.1) is 0 Å². The van der Waals surface area contributed by atoms with E-state index in [1.54, 1.807) is 14.2 Å². The third-order valence-electron chi connectivity index (χ3n) is 4.22. The molecule has 26 heavy (non-hydrogen) atoms. The molecule has 2 aromatic carbocycles. The summed E-state index contributed by atoms with van der Waals surface area (Å²) in [6.45, 7) is 2.50. The van der Waals surface area contributed by atoms with E-state index < -0.39 is 0 Å². The van der Waals surface area contributed by atoms with Gasteiger partial charge in [-0.05, 0) is 41.0 Å². The summed E-state index contributed by atoms with van der Waals surface area (Å²) in [6.07, 6.45) is 3.68. The van der Waals surface area contributed by atoms with E-state index in [2.05, 4.69) is 58.4 Å². The molecule has 0 aliphatic rings. The topological polar surface area (TPSA) is 34.6 Å². The lowest BCUT2D eigenvalue weighted by atomic mass is 10.1.